The van der Waals surface area contributed by atoms with E-state index in [1.165, 1.54) is 0 Å². The topological polar surface area (TPSA) is 71.5 Å². The van der Waals surface area contributed by atoms with Crippen LogP contribution in [0.3, 0.4) is 0 Å². The smallest absolute Gasteiger partial charge is 0.304 e. The molecule has 0 amide bonds. The Hall–Kier alpha value is -2.14. The monoisotopic (exact) mass is 260 g/mol. The van der Waals surface area contributed by atoms with Crippen molar-refractivity contribution in [1.82, 2.24) is 10.3 Å². The molecule has 0 spiro atoms. The second kappa shape index (κ2) is 6.15. The zero-order valence-corrected chi connectivity index (χ0v) is 10.7. The van der Waals surface area contributed by atoms with Gasteiger partial charge in [0.1, 0.15) is 11.3 Å². The zero-order valence-electron chi connectivity index (χ0n) is 10.7. The second-order valence-electron chi connectivity index (χ2n) is 4.16. The van der Waals surface area contributed by atoms with E-state index in [2.05, 4.69) is 10.3 Å². The Morgan fingerprint density at radius 1 is 1.37 bits per heavy atom. The van der Waals surface area contributed by atoms with Gasteiger partial charge in [-0.15, -0.1) is 0 Å². The highest BCUT2D eigenvalue weighted by Gasteiger charge is 2.04. The zero-order chi connectivity index (χ0) is 13.7. The number of nitrogens with zero attached hydrogens (tertiary/aromatic N) is 1. The standard InChI is InChI=1S/C14H16N2O3/c1-19-12-4-2-3-10-5-6-11(16-14(10)12)9-15-8-7-13(17)18/h2-6,15H,7-9H2,1H3,(H,17,18). The minimum Gasteiger partial charge on any atom is -0.494 e. The van der Waals surface area contributed by atoms with Gasteiger partial charge >= 0.3 is 5.97 Å². The highest BCUT2D eigenvalue weighted by molar-refractivity contribution is 5.84. The van der Waals surface area contributed by atoms with Crippen molar-refractivity contribution in [2.45, 2.75) is 13.0 Å². The van der Waals surface area contributed by atoms with Gasteiger partial charge in [-0.3, -0.25) is 4.79 Å². The Labute approximate surface area is 111 Å². The average molecular weight is 260 g/mol. The first-order chi connectivity index (χ1) is 9.20. The molecule has 0 saturated carbocycles. The van der Waals surface area contributed by atoms with Crippen molar-refractivity contribution >= 4 is 16.9 Å². The van der Waals surface area contributed by atoms with E-state index in [4.69, 9.17) is 9.84 Å². The number of aliphatic carboxylic acids is 1. The molecule has 0 aliphatic heterocycles. The summed E-state index contributed by atoms with van der Waals surface area (Å²) < 4.78 is 5.28. The number of rotatable bonds is 6. The number of carboxylic acids is 1. The summed E-state index contributed by atoms with van der Waals surface area (Å²) in [6, 6.07) is 9.69. The minimum absolute atomic E-state index is 0.108. The number of fused-ring (bicyclic) bond motifs is 1. The number of methoxy groups -OCH3 is 1. The Bertz CT molecular complexity index is 584. The minimum atomic E-state index is -0.805. The molecule has 0 saturated heterocycles. The molecule has 0 unspecified atom stereocenters. The molecule has 2 N–H and O–H groups in total. The Morgan fingerprint density at radius 2 is 2.21 bits per heavy atom. The number of carboxylic acid groups (broad SMARTS) is 1. The fraction of sp³-hybridized carbons (Fsp3) is 0.286. The van der Waals surface area contributed by atoms with E-state index < -0.39 is 5.97 Å². The maximum atomic E-state index is 10.4. The Kier molecular flexibility index (Phi) is 4.30. The number of nitrogens with one attached hydrogen (secondary N) is 1. The highest BCUT2D eigenvalue weighted by atomic mass is 16.5. The highest BCUT2D eigenvalue weighted by Crippen LogP contribution is 2.23. The fourth-order valence-electron chi connectivity index (χ4n) is 1.84. The number of para-hydroxylation sites is 1. The molecule has 0 atom stereocenters. The molecule has 1 aromatic heterocycles. The number of hydrogen-bond acceptors (Lipinski definition) is 4. The van der Waals surface area contributed by atoms with E-state index in [-0.39, 0.29) is 6.42 Å². The Balaban J connectivity index is 2.10. The van der Waals surface area contributed by atoms with Crippen LogP contribution >= 0.6 is 0 Å². The lowest BCUT2D eigenvalue weighted by molar-refractivity contribution is -0.136. The maximum absolute atomic E-state index is 10.4. The largest absolute Gasteiger partial charge is 0.494 e. The molecule has 100 valence electrons. The van der Waals surface area contributed by atoms with E-state index >= 15 is 0 Å². The summed E-state index contributed by atoms with van der Waals surface area (Å²) in [6.45, 7) is 0.974. The van der Waals surface area contributed by atoms with Gasteiger partial charge in [-0.05, 0) is 12.1 Å². The predicted octanol–water partition coefficient (Wildman–Crippen LogP) is 1.81. The molecule has 5 heteroatoms. The van der Waals surface area contributed by atoms with E-state index in [1.807, 2.05) is 30.3 Å². The molecule has 0 bridgehead atoms. The summed E-state index contributed by atoms with van der Waals surface area (Å²) >= 11 is 0. The van der Waals surface area contributed by atoms with Crippen LogP contribution in [-0.4, -0.2) is 29.7 Å². The lowest BCUT2D eigenvalue weighted by Crippen LogP contribution is -2.18. The van der Waals surface area contributed by atoms with Crippen molar-refractivity contribution in [2.24, 2.45) is 0 Å². The number of pyridine rings is 1. The summed E-state index contributed by atoms with van der Waals surface area (Å²) in [5, 5.41) is 12.6. The summed E-state index contributed by atoms with van der Waals surface area (Å²) in [4.78, 5) is 14.9. The molecule has 0 radical (unpaired) electrons. The van der Waals surface area contributed by atoms with Gasteiger partial charge in [0.25, 0.3) is 0 Å². The number of hydrogen-bond donors (Lipinski definition) is 2. The van der Waals surface area contributed by atoms with Crippen LogP contribution in [0.4, 0.5) is 0 Å². The summed E-state index contributed by atoms with van der Waals surface area (Å²) in [5.41, 5.74) is 1.69. The third-order valence-electron chi connectivity index (χ3n) is 2.78. The first-order valence-electron chi connectivity index (χ1n) is 6.06. The molecule has 0 aliphatic carbocycles. The lowest BCUT2D eigenvalue weighted by atomic mass is 10.2. The van der Waals surface area contributed by atoms with Crippen molar-refractivity contribution in [2.75, 3.05) is 13.7 Å². The normalized spacial score (nSPS) is 10.6. The molecule has 2 aromatic rings. The van der Waals surface area contributed by atoms with Gasteiger partial charge in [-0.1, -0.05) is 18.2 Å². The molecule has 0 fully saturated rings. The number of carbonyl (C=O) groups is 1. The van der Waals surface area contributed by atoms with Crippen molar-refractivity contribution in [1.29, 1.82) is 0 Å². The fourth-order valence-corrected chi connectivity index (χ4v) is 1.84. The van der Waals surface area contributed by atoms with Crippen molar-refractivity contribution in [3.8, 4) is 5.75 Å². The van der Waals surface area contributed by atoms with Gasteiger partial charge in [0.05, 0.1) is 19.2 Å². The molecule has 5 nitrogen and oxygen atoms in total. The summed E-state index contributed by atoms with van der Waals surface area (Å²) in [6.07, 6.45) is 0.108. The van der Waals surface area contributed by atoms with Crippen LogP contribution in [-0.2, 0) is 11.3 Å². The third kappa shape index (κ3) is 3.42. The third-order valence-corrected chi connectivity index (χ3v) is 2.78. The van der Waals surface area contributed by atoms with Crippen LogP contribution in [0.15, 0.2) is 30.3 Å². The van der Waals surface area contributed by atoms with Gasteiger partial charge in [0.15, 0.2) is 0 Å². The van der Waals surface area contributed by atoms with E-state index in [1.54, 1.807) is 7.11 Å². The number of ether oxygens (including phenoxy) is 1. The molecule has 0 aliphatic rings. The first kappa shape index (κ1) is 13.3. The molecular formula is C14H16N2O3. The van der Waals surface area contributed by atoms with Gasteiger partial charge in [-0.25, -0.2) is 4.98 Å². The summed E-state index contributed by atoms with van der Waals surface area (Å²) in [7, 11) is 1.62. The Morgan fingerprint density at radius 3 is 2.95 bits per heavy atom. The van der Waals surface area contributed by atoms with Crippen LogP contribution in [0.2, 0.25) is 0 Å². The molecule has 1 aromatic carbocycles. The first-order valence-corrected chi connectivity index (χ1v) is 6.06. The van der Waals surface area contributed by atoms with Crippen LogP contribution in [0, 0.1) is 0 Å². The van der Waals surface area contributed by atoms with Crippen LogP contribution < -0.4 is 10.1 Å². The van der Waals surface area contributed by atoms with Gasteiger partial charge in [0, 0.05) is 18.5 Å². The van der Waals surface area contributed by atoms with Gasteiger partial charge < -0.3 is 15.2 Å². The van der Waals surface area contributed by atoms with Crippen LogP contribution in [0.1, 0.15) is 12.1 Å². The SMILES string of the molecule is COc1cccc2ccc(CNCCC(=O)O)nc12. The van der Waals surface area contributed by atoms with Crippen molar-refractivity contribution in [3.05, 3.63) is 36.0 Å². The van der Waals surface area contributed by atoms with Crippen molar-refractivity contribution in [3.63, 3.8) is 0 Å². The predicted molar refractivity (Wildman–Crippen MR) is 72.3 cm³/mol. The van der Waals surface area contributed by atoms with Crippen LogP contribution in [0.25, 0.3) is 10.9 Å². The second-order valence-corrected chi connectivity index (χ2v) is 4.16. The molecule has 1 heterocycles. The molecule has 19 heavy (non-hydrogen) atoms. The van der Waals surface area contributed by atoms with Crippen LogP contribution in [0.5, 0.6) is 5.75 Å². The van der Waals surface area contributed by atoms with Gasteiger partial charge in [-0.2, -0.15) is 0 Å². The van der Waals surface area contributed by atoms with E-state index in [9.17, 15) is 4.79 Å². The quantitative estimate of drug-likeness (QED) is 0.775. The molecule has 2 rings (SSSR count). The summed E-state index contributed by atoms with van der Waals surface area (Å²) in [5.74, 6) is -0.0643. The van der Waals surface area contributed by atoms with Gasteiger partial charge in [0.2, 0.25) is 0 Å². The number of benzene rings is 1. The number of aromatic nitrogens is 1. The molecular weight excluding hydrogens is 244 g/mol. The van der Waals surface area contributed by atoms with Crippen molar-refractivity contribution < 1.29 is 14.6 Å². The lowest BCUT2D eigenvalue weighted by Gasteiger charge is -2.07. The van der Waals surface area contributed by atoms with E-state index in [0.29, 0.717) is 13.1 Å². The maximum Gasteiger partial charge on any atom is 0.304 e. The average Bonchev–Trinajstić information content (AvgIpc) is 2.42. The van der Waals surface area contributed by atoms with E-state index in [0.717, 1.165) is 22.3 Å².